The third kappa shape index (κ3) is 4.87. The zero-order valence-electron chi connectivity index (χ0n) is 19.2. The summed E-state index contributed by atoms with van der Waals surface area (Å²) in [5.74, 6) is 0.654. The third-order valence-electron chi connectivity index (χ3n) is 5.53. The third-order valence-corrected chi connectivity index (χ3v) is 5.53. The second-order valence-corrected chi connectivity index (χ2v) is 7.75. The Morgan fingerprint density at radius 2 is 1.82 bits per heavy atom. The maximum absolute atomic E-state index is 12.1. The molecule has 4 rings (SSSR count). The first-order valence-electron chi connectivity index (χ1n) is 11.3. The Bertz CT molecular complexity index is 1250. The van der Waals surface area contributed by atoms with Crippen LogP contribution in [0, 0.1) is 0 Å². The fraction of sp³-hybridized carbons (Fsp3) is 0.308. The minimum atomic E-state index is -0.341. The number of ether oxygens (including phenoxy) is 2. The minimum Gasteiger partial charge on any atom is -0.465 e. The molecule has 0 saturated carbocycles. The highest BCUT2D eigenvalue weighted by molar-refractivity contribution is 5.97. The maximum Gasteiger partial charge on any atom is 0.338 e. The molecular weight excluding hydrogens is 416 g/mol. The van der Waals surface area contributed by atoms with Crippen molar-refractivity contribution in [3.8, 4) is 17.1 Å². The van der Waals surface area contributed by atoms with E-state index < -0.39 is 0 Å². The summed E-state index contributed by atoms with van der Waals surface area (Å²) in [7, 11) is 1.40. The molecule has 2 heterocycles. The highest BCUT2D eigenvalue weighted by Gasteiger charge is 2.15. The number of carbonyl (C=O) groups excluding carboxylic acids is 1. The summed E-state index contributed by atoms with van der Waals surface area (Å²) >= 11 is 0. The lowest BCUT2D eigenvalue weighted by Gasteiger charge is -2.11. The predicted molar refractivity (Wildman–Crippen MR) is 127 cm³/mol. The summed E-state index contributed by atoms with van der Waals surface area (Å²) < 4.78 is 12.6. The average Bonchev–Trinajstić information content (AvgIpc) is 3.19. The van der Waals surface area contributed by atoms with Crippen LogP contribution in [0.5, 0.6) is 6.01 Å². The molecule has 7 heteroatoms. The molecule has 0 aliphatic carbocycles. The molecule has 0 radical (unpaired) electrons. The Labute approximate surface area is 193 Å². The molecule has 170 valence electrons. The molecule has 33 heavy (non-hydrogen) atoms. The monoisotopic (exact) mass is 444 g/mol. The van der Waals surface area contributed by atoms with Gasteiger partial charge in [0.1, 0.15) is 11.3 Å². The van der Waals surface area contributed by atoms with E-state index in [1.807, 2.05) is 37.3 Å². The molecule has 0 unspecified atom stereocenters. The second kappa shape index (κ2) is 10.3. The summed E-state index contributed by atoms with van der Waals surface area (Å²) in [6.07, 6.45) is 4.81. The van der Waals surface area contributed by atoms with Crippen molar-refractivity contribution in [2.45, 2.75) is 39.7 Å². The Kier molecular flexibility index (Phi) is 6.98. The SMILES string of the molecule is CCCCc1nc2nc(OCC)ncc2n1Cc1ccc(-c2ccccc2C(=O)OC)cc1. The number of unbranched alkanes of at least 4 members (excludes halogenated alkanes) is 1. The lowest BCUT2D eigenvalue weighted by Crippen LogP contribution is -2.06. The molecule has 0 saturated heterocycles. The summed E-state index contributed by atoms with van der Waals surface area (Å²) in [6.45, 7) is 5.25. The summed E-state index contributed by atoms with van der Waals surface area (Å²) in [5, 5.41) is 0. The van der Waals surface area contributed by atoms with Gasteiger partial charge in [-0.1, -0.05) is 55.8 Å². The largest absolute Gasteiger partial charge is 0.465 e. The van der Waals surface area contributed by atoms with Crippen LogP contribution < -0.4 is 4.74 Å². The molecule has 0 aliphatic heterocycles. The average molecular weight is 445 g/mol. The first kappa shape index (κ1) is 22.5. The van der Waals surface area contributed by atoms with Crippen molar-refractivity contribution < 1.29 is 14.3 Å². The van der Waals surface area contributed by atoms with E-state index in [4.69, 9.17) is 14.5 Å². The number of rotatable bonds is 9. The highest BCUT2D eigenvalue weighted by atomic mass is 16.5. The van der Waals surface area contributed by atoms with Crippen molar-refractivity contribution >= 4 is 17.1 Å². The molecule has 0 N–H and O–H groups in total. The van der Waals surface area contributed by atoms with Gasteiger partial charge in [0, 0.05) is 13.0 Å². The van der Waals surface area contributed by atoms with Crippen LogP contribution >= 0.6 is 0 Å². The zero-order chi connectivity index (χ0) is 23.2. The molecule has 2 aromatic carbocycles. The van der Waals surface area contributed by atoms with E-state index in [0.717, 1.165) is 47.3 Å². The maximum atomic E-state index is 12.1. The van der Waals surface area contributed by atoms with Gasteiger partial charge < -0.3 is 14.0 Å². The van der Waals surface area contributed by atoms with Crippen LogP contribution in [0.25, 0.3) is 22.3 Å². The number of benzene rings is 2. The fourth-order valence-electron chi connectivity index (χ4n) is 3.84. The molecule has 0 bridgehead atoms. The van der Waals surface area contributed by atoms with Crippen molar-refractivity contribution in [2.24, 2.45) is 0 Å². The van der Waals surface area contributed by atoms with Crippen molar-refractivity contribution in [1.29, 1.82) is 0 Å². The van der Waals surface area contributed by atoms with Crippen LogP contribution in [0.2, 0.25) is 0 Å². The van der Waals surface area contributed by atoms with Gasteiger partial charge >= 0.3 is 12.0 Å². The number of esters is 1. The first-order valence-corrected chi connectivity index (χ1v) is 11.3. The van der Waals surface area contributed by atoms with E-state index in [2.05, 4.69) is 33.6 Å². The number of fused-ring (bicyclic) bond motifs is 1. The standard InChI is InChI=1S/C26H28N4O3/c1-4-6-11-23-28-24-22(16-27-26(29-24)33-5-2)30(23)17-18-12-14-19(15-13-18)20-9-7-8-10-21(20)25(31)32-3/h7-10,12-16H,4-6,11,17H2,1-3H3. The number of imidazole rings is 1. The highest BCUT2D eigenvalue weighted by Crippen LogP contribution is 2.26. The number of hydrogen-bond acceptors (Lipinski definition) is 6. The van der Waals surface area contributed by atoms with Gasteiger partial charge in [-0.15, -0.1) is 0 Å². The van der Waals surface area contributed by atoms with E-state index in [1.54, 1.807) is 12.3 Å². The Balaban J connectivity index is 1.65. The molecule has 0 fully saturated rings. The van der Waals surface area contributed by atoms with E-state index in [0.29, 0.717) is 30.4 Å². The number of aryl methyl sites for hydroxylation is 1. The molecular formula is C26H28N4O3. The number of aromatic nitrogens is 4. The normalized spacial score (nSPS) is 11.0. The predicted octanol–water partition coefficient (Wildman–Crippen LogP) is 5.07. The van der Waals surface area contributed by atoms with Crippen LogP contribution in [0.15, 0.2) is 54.7 Å². The molecule has 0 spiro atoms. The van der Waals surface area contributed by atoms with Crippen molar-refractivity contribution in [3.05, 3.63) is 71.7 Å². The van der Waals surface area contributed by atoms with Crippen molar-refractivity contribution in [2.75, 3.05) is 13.7 Å². The van der Waals surface area contributed by atoms with Crippen LogP contribution in [-0.2, 0) is 17.7 Å². The topological polar surface area (TPSA) is 79.1 Å². The second-order valence-electron chi connectivity index (χ2n) is 7.75. The van der Waals surface area contributed by atoms with Crippen LogP contribution in [0.3, 0.4) is 0 Å². The summed E-state index contributed by atoms with van der Waals surface area (Å²) in [5.41, 5.74) is 5.04. The van der Waals surface area contributed by atoms with Crippen LogP contribution in [-0.4, -0.2) is 39.2 Å². The van der Waals surface area contributed by atoms with E-state index >= 15 is 0 Å². The van der Waals surface area contributed by atoms with Crippen LogP contribution in [0.4, 0.5) is 0 Å². The van der Waals surface area contributed by atoms with E-state index in [-0.39, 0.29) is 5.97 Å². The van der Waals surface area contributed by atoms with Gasteiger partial charge in [-0.05, 0) is 36.1 Å². The van der Waals surface area contributed by atoms with Gasteiger partial charge in [0.05, 0.1) is 25.5 Å². The Hall–Kier alpha value is -3.74. The van der Waals surface area contributed by atoms with Gasteiger partial charge in [0.15, 0.2) is 5.65 Å². The van der Waals surface area contributed by atoms with Crippen molar-refractivity contribution in [1.82, 2.24) is 19.5 Å². The van der Waals surface area contributed by atoms with Crippen LogP contribution in [0.1, 0.15) is 48.4 Å². The molecule has 2 aromatic heterocycles. The first-order chi connectivity index (χ1) is 16.1. The van der Waals surface area contributed by atoms with Gasteiger partial charge in [-0.3, -0.25) is 0 Å². The molecule has 0 aliphatic rings. The minimum absolute atomic E-state index is 0.341. The smallest absolute Gasteiger partial charge is 0.338 e. The lowest BCUT2D eigenvalue weighted by molar-refractivity contribution is 0.0601. The number of hydrogen-bond donors (Lipinski definition) is 0. The van der Waals surface area contributed by atoms with E-state index in [1.165, 1.54) is 7.11 Å². The number of carbonyl (C=O) groups is 1. The van der Waals surface area contributed by atoms with Gasteiger partial charge in [-0.25, -0.2) is 14.8 Å². The van der Waals surface area contributed by atoms with Gasteiger partial charge in [0.2, 0.25) is 0 Å². The number of nitrogens with zero attached hydrogens (tertiary/aromatic N) is 4. The van der Waals surface area contributed by atoms with E-state index in [9.17, 15) is 4.79 Å². The van der Waals surface area contributed by atoms with Gasteiger partial charge in [0.25, 0.3) is 0 Å². The molecule has 7 nitrogen and oxygen atoms in total. The fourth-order valence-corrected chi connectivity index (χ4v) is 3.84. The molecule has 0 atom stereocenters. The Morgan fingerprint density at radius 1 is 1.03 bits per heavy atom. The Morgan fingerprint density at radius 3 is 2.55 bits per heavy atom. The molecule has 4 aromatic rings. The quantitative estimate of drug-likeness (QED) is 0.335. The lowest BCUT2D eigenvalue weighted by atomic mass is 9.98. The summed E-state index contributed by atoms with van der Waals surface area (Å²) in [6, 6.07) is 16.0. The molecule has 0 amide bonds. The zero-order valence-corrected chi connectivity index (χ0v) is 19.2. The summed E-state index contributed by atoms with van der Waals surface area (Å²) in [4.78, 5) is 25.7. The number of methoxy groups -OCH3 is 1. The van der Waals surface area contributed by atoms with Crippen molar-refractivity contribution in [3.63, 3.8) is 0 Å². The van der Waals surface area contributed by atoms with Gasteiger partial charge in [-0.2, -0.15) is 4.98 Å².